The summed E-state index contributed by atoms with van der Waals surface area (Å²) in [5, 5.41) is 10.2. The molecule has 1 fully saturated rings. The highest BCUT2D eigenvalue weighted by Crippen LogP contribution is 2.30. The summed E-state index contributed by atoms with van der Waals surface area (Å²) in [4.78, 5) is 21.8. The number of amides is 1. The van der Waals surface area contributed by atoms with Gasteiger partial charge in [0.2, 0.25) is 5.95 Å². The summed E-state index contributed by atoms with van der Waals surface area (Å²) in [6.07, 6.45) is -2.05. The van der Waals surface area contributed by atoms with Crippen LogP contribution in [0.25, 0.3) is 10.9 Å². The van der Waals surface area contributed by atoms with Crippen LogP contribution in [-0.2, 0) is 0 Å². The third-order valence-electron chi connectivity index (χ3n) is 5.65. The molecule has 0 saturated heterocycles. The number of carbonyl (C=O) groups excluding carboxylic acids is 1. The molecule has 11 heteroatoms. The molecule has 0 atom stereocenters. The first-order chi connectivity index (χ1) is 16.2. The van der Waals surface area contributed by atoms with Crippen molar-refractivity contribution in [2.24, 2.45) is 0 Å². The van der Waals surface area contributed by atoms with Crippen LogP contribution in [0.1, 0.15) is 36.0 Å². The first-order valence-electron chi connectivity index (χ1n) is 10.8. The van der Waals surface area contributed by atoms with E-state index in [-0.39, 0.29) is 17.6 Å². The molecule has 0 unspecified atom stereocenters. The molecule has 0 radical (unpaired) electrons. The third-order valence-corrected chi connectivity index (χ3v) is 6.14. The number of aromatic nitrogens is 2. The molecule has 180 valence electrons. The summed E-state index contributed by atoms with van der Waals surface area (Å²) in [6, 6.07) is 11.6. The van der Waals surface area contributed by atoms with Crippen LogP contribution in [0.5, 0.6) is 5.75 Å². The molecule has 0 spiro atoms. The fourth-order valence-electron chi connectivity index (χ4n) is 4.05. The molecule has 2 aromatic carbocycles. The first-order valence-corrected chi connectivity index (χ1v) is 11.6. The van der Waals surface area contributed by atoms with Crippen molar-refractivity contribution in [2.45, 2.75) is 44.1 Å². The van der Waals surface area contributed by atoms with E-state index in [1.165, 1.54) is 12.1 Å². The molecule has 1 saturated carbocycles. The Morgan fingerprint density at radius 1 is 1.06 bits per heavy atom. The fraction of sp³-hybridized carbons (Fsp3) is 0.348. The Labute approximate surface area is 202 Å². The number of nitrogens with zero attached hydrogens (tertiary/aromatic N) is 2. The van der Waals surface area contributed by atoms with Crippen LogP contribution in [0.2, 0.25) is 0 Å². The zero-order chi connectivity index (χ0) is 24.3. The fourth-order valence-corrected chi connectivity index (χ4v) is 4.39. The van der Waals surface area contributed by atoms with Crippen molar-refractivity contribution in [3.63, 3.8) is 0 Å². The standard InChI is InChI=1S/C23H23BrF3N5O2/c1-28-20-16-4-2-3-5-18(16)31-22(32-20)30-15-9-7-14(8-10-15)29-21(33)17-11-6-13(24)12-19(17)34-23(25,26)27/h2-6,11-12,14-15H,7-10H2,1H3,(H,29,33)(H2,28,30,31,32). The zero-order valence-corrected chi connectivity index (χ0v) is 19.8. The second kappa shape index (κ2) is 10.0. The highest BCUT2D eigenvalue weighted by Gasteiger charge is 2.33. The summed E-state index contributed by atoms with van der Waals surface area (Å²) in [5.74, 6) is 0.128. The number of halogens is 4. The lowest BCUT2D eigenvalue weighted by molar-refractivity contribution is -0.274. The van der Waals surface area contributed by atoms with Gasteiger partial charge in [0.05, 0.1) is 11.1 Å². The SMILES string of the molecule is CNc1nc(NC2CCC(NC(=O)c3ccc(Br)cc3OC(F)(F)F)CC2)nc2ccccc12. The van der Waals surface area contributed by atoms with Crippen molar-refractivity contribution in [3.05, 3.63) is 52.5 Å². The number of fused-ring (bicyclic) bond motifs is 1. The molecule has 1 aromatic heterocycles. The number of hydrogen-bond donors (Lipinski definition) is 3. The Morgan fingerprint density at radius 2 is 1.76 bits per heavy atom. The molecule has 1 amide bonds. The summed E-state index contributed by atoms with van der Waals surface area (Å²) in [5.41, 5.74) is 0.668. The van der Waals surface area contributed by atoms with E-state index in [1.807, 2.05) is 31.3 Å². The minimum Gasteiger partial charge on any atom is -0.405 e. The van der Waals surface area contributed by atoms with Crippen molar-refractivity contribution < 1.29 is 22.7 Å². The van der Waals surface area contributed by atoms with Gasteiger partial charge in [0, 0.05) is 29.0 Å². The molecule has 4 rings (SSSR count). The van der Waals surface area contributed by atoms with E-state index in [0.717, 1.165) is 35.6 Å². The molecule has 7 nitrogen and oxygen atoms in total. The molecular formula is C23H23BrF3N5O2. The Kier molecular flexibility index (Phi) is 7.11. The van der Waals surface area contributed by atoms with E-state index in [2.05, 4.69) is 46.6 Å². The van der Waals surface area contributed by atoms with Crippen LogP contribution >= 0.6 is 15.9 Å². The Hall–Kier alpha value is -3.08. The van der Waals surface area contributed by atoms with Gasteiger partial charge in [-0.25, -0.2) is 4.98 Å². The number of nitrogens with one attached hydrogen (secondary N) is 3. The highest BCUT2D eigenvalue weighted by atomic mass is 79.9. The summed E-state index contributed by atoms with van der Waals surface area (Å²) in [7, 11) is 1.81. The second-order valence-electron chi connectivity index (χ2n) is 8.02. The van der Waals surface area contributed by atoms with Gasteiger partial charge in [0.25, 0.3) is 5.91 Å². The van der Waals surface area contributed by atoms with Crippen molar-refractivity contribution in [3.8, 4) is 5.75 Å². The van der Waals surface area contributed by atoms with Gasteiger partial charge in [0.1, 0.15) is 11.6 Å². The van der Waals surface area contributed by atoms with E-state index in [0.29, 0.717) is 23.3 Å². The maximum Gasteiger partial charge on any atom is 0.573 e. The van der Waals surface area contributed by atoms with Gasteiger partial charge in [-0.3, -0.25) is 4.79 Å². The van der Waals surface area contributed by atoms with E-state index in [4.69, 9.17) is 0 Å². The van der Waals surface area contributed by atoms with Gasteiger partial charge in [-0.2, -0.15) is 4.98 Å². The van der Waals surface area contributed by atoms with Crippen molar-refractivity contribution in [1.29, 1.82) is 0 Å². The highest BCUT2D eigenvalue weighted by molar-refractivity contribution is 9.10. The molecule has 0 bridgehead atoms. The monoisotopic (exact) mass is 537 g/mol. The summed E-state index contributed by atoms with van der Waals surface area (Å²) in [6.45, 7) is 0. The first kappa shape index (κ1) is 24.1. The quantitative estimate of drug-likeness (QED) is 0.385. The number of hydrogen-bond acceptors (Lipinski definition) is 6. The number of benzene rings is 2. The van der Waals surface area contributed by atoms with Gasteiger partial charge in [-0.05, 0) is 56.0 Å². The normalized spacial score (nSPS) is 18.4. The number of carbonyl (C=O) groups is 1. The molecule has 0 aliphatic heterocycles. The Bertz CT molecular complexity index is 1180. The molecule has 34 heavy (non-hydrogen) atoms. The average Bonchev–Trinajstić information content (AvgIpc) is 2.78. The lowest BCUT2D eigenvalue weighted by Gasteiger charge is -2.30. The summed E-state index contributed by atoms with van der Waals surface area (Å²) >= 11 is 3.11. The molecular weight excluding hydrogens is 515 g/mol. The second-order valence-corrected chi connectivity index (χ2v) is 8.93. The van der Waals surface area contributed by atoms with Crippen LogP contribution in [0.15, 0.2) is 46.9 Å². The number of para-hydroxylation sites is 1. The summed E-state index contributed by atoms with van der Waals surface area (Å²) < 4.78 is 42.6. The molecule has 1 heterocycles. The number of alkyl halides is 3. The Balaban J connectivity index is 1.37. The third kappa shape index (κ3) is 5.88. The lowest BCUT2D eigenvalue weighted by atomic mass is 9.91. The van der Waals surface area contributed by atoms with Crippen LogP contribution in [-0.4, -0.2) is 41.4 Å². The average molecular weight is 538 g/mol. The van der Waals surface area contributed by atoms with Gasteiger partial charge in [-0.15, -0.1) is 13.2 Å². The van der Waals surface area contributed by atoms with E-state index in [9.17, 15) is 18.0 Å². The van der Waals surface area contributed by atoms with Gasteiger partial charge < -0.3 is 20.7 Å². The zero-order valence-electron chi connectivity index (χ0n) is 18.2. The van der Waals surface area contributed by atoms with Crippen LogP contribution < -0.4 is 20.7 Å². The largest absolute Gasteiger partial charge is 0.573 e. The Morgan fingerprint density at radius 3 is 2.47 bits per heavy atom. The topological polar surface area (TPSA) is 88.2 Å². The number of rotatable bonds is 6. The van der Waals surface area contributed by atoms with Crippen molar-refractivity contribution in [1.82, 2.24) is 15.3 Å². The van der Waals surface area contributed by atoms with E-state index in [1.54, 1.807) is 0 Å². The van der Waals surface area contributed by atoms with Crippen molar-refractivity contribution in [2.75, 3.05) is 17.7 Å². The smallest absolute Gasteiger partial charge is 0.405 e. The number of anilines is 2. The predicted octanol–water partition coefficient (Wildman–Crippen LogP) is 5.49. The van der Waals surface area contributed by atoms with Gasteiger partial charge >= 0.3 is 6.36 Å². The van der Waals surface area contributed by atoms with Gasteiger partial charge in [0.15, 0.2) is 0 Å². The predicted molar refractivity (Wildman–Crippen MR) is 127 cm³/mol. The van der Waals surface area contributed by atoms with E-state index >= 15 is 0 Å². The minimum absolute atomic E-state index is 0.121. The maximum absolute atomic E-state index is 12.7. The molecule has 3 aromatic rings. The van der Waals surface area contributed by atoms with Crippen LogP contribution in [0.4, 0.5) is 24.9 Å². The number of ether oxygens (including phenoxy) is 1. The van der Waals surface area contributed by atoms with Crippen molar-refractivity contribution >= 4 is 44.5 Å². The van der Waals surface area contributed by atoms with Crippen LogP contribution in [0.3, 0.4) is 0 Å². The lowest BCUT2D eigenvalue weighted by Crippen LogP contribution is -2.40. The molecule has 1 aliphatic carbocycles. The minimum atomic E-state index is -4.89. The molecule has 3 N–H and O–H groups in total. The van der Waals surface area contributed by atoms with Crippen LogP contribution in [0, 0.1) is 0 Å². The maximum atomic E-state index is 12.7. The van der Waals surface area contributed by atoms with Gasteiger partial charge in [-0.1, -0.05) is 28.1 Å². The molecule has 1 aliphatic rings. The van der Waals surface area contributed by atoms with E-state index < -0.39 is 18.0 Å².